The molecule has 5 nitrogen and oxygen atoms in total. The smallest absolute Gasteiger partial charge is 0.303 e. The lowest BCUT2D eigenvalue weighted by Gasteiger charge is -2.36. The first-order valence-corrected chi connectivity index (χ1v) is 11.0. The largest absolute Gasteiger partial charge is 0.481 e. The quantitative estimate of drug-likeness (QED) is 0.445. The number of carboxylic acids is 1. The van der Waals surface area contributed by atoms with Crippen LogP contribution in [0.25, 0.3) is 0 Å². The third-order valence-electron chi connectivity index (χ3n) is 5.58. The Hall–Kier alpha value is -2.37. The SMILES string of the molecule is O=C(O)CCC(=O)c1ccc(CCCCN2CCN(c3cccc(Cl)c3)CC2)cc1. The number of aliphatic carboxylic acids is 1. The second kappa shape index (κ2) is 11.1. The van der Waals surface area contributed by atoms with Crippen LogP contribution in [0.3, 0.4) is 0 Å². The zero-order valence-corrected chi connectivity index (χ0v) is 18.0. The number of hydrogen-bond donors (Lipinski definition) is 1. The number of piperazine rings is 1. The van der Waals surface area contributed by atoms with Gasteiger partial charge in [0.2, 0.25) is 0 Å². The summed E-state index contributed by atoms with van der Waals surface area (Å²) in [4.78, 5) is 27.4. The first-order valence-electron chi connectivity index (χ1n) is 10.6. The Kier molecular flexibility index (Phi) is 8.29. The second-order valence-corrected chi connectivity index (χ2v) is 8.22. The van der Waals surface area contributed by atoms with Crippen LogP contribution in [0, 0.1) is 0 Å². The molecule has 2 aromatic rings. The van der Waals surface area contributed by atoms with Crippen molar-refractivity contribution in [3.8, 4) is 0 Å². The van der Waals surface area contributed by atoms with E-state index >= 15 is 0 Å². The molecule has 0 aliphatic carbocycles. The number of nitrogens with zero attached hydrogens (tertiary/aromatic N) is 2. The summed E-state index contributed by atoms with van der Waals surface area (Å²) in [5, 5.41) is 9.47. The monoisotopic (exact) mass is 428 g/mol. The molecular formula is C24H29ClN2O3. The molecule has 1 saturated heterocycles. The number of anilines is 1. The van der Waals surface area contributed by atoms with Crippen molar-refractivity contribution in [1.29, 1.82) is 0 Å². The molecule has 1 aliphatic rings. The molecule has 0 saturated carbocycles. The molecule has 0 amide bonds. The third kappa shape index (κ3) is 6.85. The number of aryl methyl sites for hydroxylation is 1. The molecule has 0 aromatic heterocycles. The van der Waals surface area contributed by atoms with Gasteiger partial charge in [-0.1, -0.05) is 41.9 Å². The van der Waals surface area contributed by atoms with Crippen LogP contribution < -0.4 is 4.90 Å². The van der Waals surface area contributed by atoms with E-state index in [-0.39, 0.29) is 18.6 Å². The third-order valence-corrected chi connectivity index (χ3v) is 5.81. The normalized spacial score (nSPS) is 14.6. The highest BCUT2D eigenvalue weighted by Gasteiger charge is 2.17. The summed E-state index contributed by atoms with van der Waals surface area (Å²) in [6, 6.07) is 15.7. The fourth-order valence-electron chi connectivity index (χ4n) is 3.79. The van der Waals surface area contributed by atoms with Crippen molar-refractivity contribution >= 4 is 29.0 Å². The Balaban J connectivity index is 1.33. The molecule has 0 spiro atoms. The molecule has 1 N–H and O–H groups in total. The zero-order valence-electron chi connectivity index (χ0n) is 17.2. The van der Waals surface area contributed by atoms with Gasteiger partial charge in [0.05, 0.1) is 6.42 Å². The molecule has 0 bridgehead atoms. The summed E-state index contributed by atoms with van der Waals surface area (Å²) in [5.41, 5.74) is 3.01. The maximum absolute atomic E-state index is 11.9. The Labute approximate surface area is 183 Å². The van der Waals surface area contributed by atoms with Crippen molar-refractivity contribution in [1.82, 2.24) is 4.90 Å². The Morgan fingerprint density at radius 1 is 0.933 bits per heavy atom. The number of benzene rings is 2. The van der Waals surface area contributed by atoms with Crippen LogP contribution in [-0.2, 0) is 11.2 Å². The summed E-state index contributed by atoms with van der Waals surface area (Å²) < 4.78 is 0. The van der Waals surface area contributed by atoms with Gasteiger partial charge in [0, 0.05) is 48.9 Å². The zero-order chi connectivity index (χ0) is 21.3. The van der Waals surface area contributed by atoms with E-state index in [1.807, 2.05) is 42.5 Å². The first-order chi connectivity index (χ1) is 14.5. The molecular weight excluding hydrogens is 400 g/mol. The van der Waals surface area contributed by atoms with Gasteiger partial charge in [-0.15, -0.1) is 0 Å². The molecule has 3 rings (SSSR count). The molecule has 0 radical (unpaired) electrons. The lowest BCUT2D eigenvalue weighted by molar-refractivity contribution is -0.136. The van der Waals surface area contributed by atoms with Gasteiger partial charge in [-0.25, -0.2) is 0 Å². The van der Waals surface area contributed by atoms with Crippen molar-refractivity contribution in [3.63, 3.8) is 0 Å². The Bertz CT molecular complexity index is 846. The van der Waals surface area contributed by atoms with Crippen LogP contribution in [0.5, 0.6) is 0 Å². The summed E-state index contributed by atoms with van der Waals surface area (Å²) in [5.74, 6) is -1.05. The lowest BCUT2D eigenvalue weighted by Crippen LogP contribution is -2.46. The maximum atomic E-state index is 11.9. The van der Waals surface area contributed by atoms with Gasteiger partial charge in [0.25, 0.3) is 0 Å². The number of unbranched alkanes of at least 4 members (excludes halogenated alkanes) is 1. The van der Waals surface area contributed by atoms with Crippen LogP contribution in [0.2, 0.25) is 5.02 Å². The topological polar surface area (TPSA) is 60.9 Å². The van der Waals surface area contributed by atoms with E-state index < -0.39 is 5.97 Å². The minimum Gasteiger partial charge on any atom is -0.481 e. The van der Waals surface area contributed by atoms with E-state index in [2.05, 4.69) is 15.9 Å². The molecule has 6 heteroatoms. The van der Waals surface area contributed by atoms with Gasteiger partial charge < -0.3 is 10.0 Å². The van der Waals surface area contributed by atoms with Gasteiger partial charge in [-0.05, 0) is 49.6 Å². The van der Waals surface area contributed by atoms with Crippen molar-refractivity contribution in [3.05, 3.63) is 64.7 Å². The second-order valence-electron chi connectivity index (χ2n) is 7.78. The number of carbonyl (C=O) groups excluding carboxylic acids is 1. The van der Waals surface area contributed by atoms with Gasteiger partial charge >= 0.3 is 5.97 Å². The van der Waals surface area contributed by atoms with Gasteiger partial charge in [0.1, 0.15) is 0 Å². The van der Waals surface area contributed by atoms with E-state index in [1.54, 1.807) is 0 Å². The van der Waals surface area contributed by atoms with Crippen LogP contribution in [0.4, 0.5) is 5.69 Å². The van der Waals surface area contributed by atoms with Crippen molar-refractivity contribution in [2.24, 2.45) is 0 Å². The van der Waals surface area contributed by atoms with Crippen molar-refractivity contribution in [2.75, 3.05) is 37.6 Å². The minimum atomic E-state index is -0.939. The van der Waals surface area contributed by atoms with E-state index in [4.69, 9.17) is 16.7 Å². The predicted octanol–water partition coefficient (Wildman–Crippen LogP) is 4.53. The number of halogens is 1. The fraction of sp³-hybridized carbons (Fsp3) is 0.417. The molecule has 0 unspecified atom stereocenters. The summed E-state index contributed by atoms with van der Waals surface area (Å²) >= 11 is 6.10. The number of carboxylic acid groups (broad SMARTS) is 1. The molecule has 0 atom stereocenters. The van der Waals surface area contributed by atoms with Gasteiger partial charge in [-0.3, -0.25) is 14.5 Å². The minimum absolute atomic E-state index is 0.0548. The average molecular weight is 429 g/mol. The van der Waals surface area contributed by atoms with E-state index in [0.29, 0.717) is 5.56 Å². The number of ketones is 1. The highest BCUT2D eigenvalue weighted by Crippen LogP contribution is 2.21. The van der Waals surface area contributed by atoms with E-state index in [0.717, 1.165) is 57.0 Å². The predicted molar refractivity (Wildman–Crippen MR) is 121 cm³/mol. The van der Waals surface area contributed by atoms with Gasteiger partial charge in [0.15, 0.2) is 5.78 Å². The molecule has 1 fully saturated rings. The molecule has 160 valence electrons. The standard InChI is InChI=1S/C24H29ClN2O3/c25-21-5-3-6-22(18-21)27-16-14-26(15-17-27)13-2-1-4-19-7-9-20(10-8-19)23(28)11-12-24(29)30/h3,5-10,18H,1-2,4,11-17H2,(H,29,30). The summed E-state index contributed by atoms with van der Waals surface area (Å²) in [6.45, 7) is 5.30. The number of Topliss-reactive ketones (excluding diaryl/α,β-unsaturated/α-hetero) is 1. The molecule has 1 aliphatic heterocycles. The first kappa shape index (κ1) is 22.3. The van der Waals surface area contributed by atoms with Crippen molar-refractivity contribution in [2.45, 2.75) is 32.1 Å². The van der Waals surface area contributed by atoms with Gasteiger partial charge in [-0.2, -0.15) is 0 Å². The number of rotatable bonds is 10. The summed E-state index contributed by atoms with van der Waals surface area (Å²) in [7, 11) is 0. The molecule has 2 aromatic carbocycles. The van der Waals surface area contributed by atoms with Crippen molar-refractivity contribution < 1.29 is 14.7 Å². The average Bonchev–Trinajstić information content (AvgIpc) is 2.76. The highest BCUT2D eigenvalue weighted by atomic mass is 35.5. The lowest BCUT2D eigenvalue weighted by atomic mass is 10.0. The van der Waals surface area contributed by atoms with Crippen LogP contribution in [-0.4, -0.2) is 54.5 Å². The van der Waals surface area contributed by atoms with Crippen LogP contribution >= 0.6 is 11.6 Å². The maximum Gasteiger partial charge on any atom is 0.303 e. The van der Waals surface area contributed by atoms with Crippen LogP contribution in [0.1, 0.15) is 41.6 Å². The fourth-order valence-corrected chi connectivity index (χ4v) is 3.97. The Morgan fingerprint density at radius 3 is 2.33 bits per heavy atom. The van der Waals surface area contributed by atoms with Crippen LogP contribution in [0.15, 0.2) is 48.5 Å². The van der Waals surface area contributed by atoms with E-state index in [1.165, 1.54) is 11.3 Å². The molecule has 30 heavy (non-hydrogen) atoms. The summed E-state index contributed by atoms with van der Waals surface area (Å²) in [6.07, 6.45) is 3.19. The highest BCUT2D eigenvalue weighted by molar-refractivity contribution is 6.30. The number of hydrogen-bond acceptors (Lipinski definition) is 4. The molecule has 1 heterocycles. The van der Waals surface area contributed by atoms with E-state index in [9.17, 15) is 9.59 Å². The number of carbonyl (C=O) groups is 2. The Morgan fingerprint density at radius 2 is 1.67 bits per heavy atom.